The van der Waals surface area contributed by atoms with Crippen molar-refractivity contribution < 1.29 is 23.1 Å². The molecule has 1 aliphatic carbocycles. The van der Waals surface area contributed by atoms with E-state index >= 15 is 0 Å². The Morgan fingerprint density at radius 3 is 2.61 bits per heavy atom. The summed E-state index contributed by atoms with van der Waals surface area (Å²) in [6.45, 7) is 3.94. The average molecular weight is 332 g/mol. The number of halogens is 3. The normalized spacial score (nSPS) is 21.1. The van der Waals surface area contributed by atoms with Crippen LogP contribution < -0.4 is 5.32 Å². The molecule has 2 rings (SSSR count). The monoisotopic (exact) mass is 332 g/mol. The molecule has 0 radical (unpaired) electrons. The number of likely N-dealkylation sites (N-methyl/N-ethyl adjacent to an activating group) is 1. The van der Waals surface area contributed by atoms with Gasteiger partial charge in [-0.2, -0.15) is 13.2 Å². The minimum atomic E-state index is -4.51. The highest BCUT2D eigenvalue weighted by Crippen LogP contribution is 2.30. The summed E-state index contributed by atoms with van der Waals surface area (Å²) in [5.41, 5.74) is -0.726. The lowest BCUT2D eigenvalue weighted by Crippen LogP contribution is -2.51. The van der Waals surface area contributed by atoms with Gasteiger partial charge in [0, 0.05) is 17.8 Å². The first-order valence-corrected chi connectivity index (χ1v) is 7.34. The zero-order valence-corrected chi connectivity index (χ0v) is 12.9. The molecule has 1 saturated carbocycles. The minimum Gasteiger partial charge on any atom is -0.480 e. The van der Waals surface area contributed by atoms with Crippen molar-refractivity contribution in [3.05, 3.63) is 17.5 Å². The summed E-state index contributed by atoms with van der Waals surface area (Å²) in [4.78, 5) is 20.1. The molecule has 1 aliphatic rings. The fourth-order valence-electron chi connectivity index (χ4n) is 2.64. The van der Waals surface area contributed by atoms with E-state index in [9.17, 15) is 18.0 Å². The fraction of sp³-hybridized carbons (Fsp3) is 0.643. The summed E-state index contributed by atoms with van der Waals surface area (Å²) in [5.74, 6) is -0.929. The molecule has 23 heavy (non-hydrogen) atoms. The van der Waals surface area contributed by atoms with Crippen molar-refractivity contribution in [3.8, 4) is 0 Å². The Morgan fingerprint density at radius 1 is 1.43 bits per heavy atom. The first-order chi connectivity index (χ1) is 10.7. The molecule has 128 valence electrons. The van der Waals surface area contributed by atoms with Gasteiger partial charge in [-0.3, -0.25) is 9.69 Å². The lowest BCUT2D eigenvalue weighted by Gasteiger charge is -2.42. The van der Waals surface area contributed by atoms with Gasteiger partial charge in [0.05, 0.1) is 6.54 Å². The highest BCUT2D eigenvalue weighted by Gasteiger charge is 2.36. The van der Waals surface area contributed by atoms with E-state index in [2.05, 4.69) is 15.3 Å². The number of nitrogens with one attached hydrogen (secondary N) is 1. The molecule has 1 aromatic rings. The Bertz CT molecular complexity index is 574. The third kappa shape index (κ3) is 4.54. The van der Waals surface area contributed by atoms with Crippen molar-refractivity contribution >= 4 is 11.9 Å². The van der Waals surface area contributed by atoms with E-state index in [-0.39, 0.29) is 30.3 Å². The molecule has 0 atom stereocenters. The smallest absolute Gasteiger partial charge is 0.433 e. The zero-order valence-electron chi connectivity index (χ0n) is 12.9. The minimum absolute atomic E-state index is 0.0347. The molecule has 0 amide bonds. The van der Waals surface area contributed by atoms with Crippen molar-refractivity contribution in [1.82, 2.24) is 14.9 Å². The lowest BCUT2D eigenvalue weighted by atomic mass is 9.85. The molecule has 0 aliphatic heterocycles. The highest BCUT2D eigenvalue weighted by molar-refractivity contribution is 5.69. The SMILES string of the molecule is CCN(CC(=O)O)C1CC(Nc2nc(C)cc(C(F)(F)F)n2)C1. The van der Waals surface area contributed by atoms with Gasteiger partial charge in [-0.05, 0) is 32.4 Å². The van der Waals surface area contributed by atoms with Crippen LogP contribution in [0.2, 0.25) is 0 Å². The van der Waals surface area contributed by atoms with Crippen LogP contribution in [-0.2, 0) is 11.0 Å². The number of carboxylic acids is 1. The lowest BCUT2D eigenvalue weighted by molar-refractivity contribution is -0.141. The molecule has 9 heteroatoms. The van der Waals surface area contributed by atoms with Crippen LogP contribution in [0.3, 0.4) is 0 Å². The van der Waals surface area contributed by atoms with Gasteiger partial charge in [0.2, 0.25) is 5.95 Å². The van der Waals surface area contributed by atoms with Gasteiger partial charge in [0.25, 0.3) is 0 Å². The van der Waals surface area contributed by atoms with E-state index < -0.39 is 17.8 Å². The Kier molecular flexibility index (Phi) is 5.08. The molecule has 0 saturated heterocycles. The number of rotatable bonds is 6. The molecular weight excluding hydrogens is 313 g/mol. The number of aliphatic carboxylic acids is 1. The second-order valence-corrected chi connectivity index (χ2v) is 5.64. The number of hydrogen-bond donors (Lipinski definition) is 2. The fourth-order valence-corrected chi connectivity index (χ4v) is 2.64. The van der Waals surface area contributed by atoms with Crippen molar-refractivity contribution in [2.75, 3.05) is 18.4 Å². The standard InChI is InChI=1S/C14H19F3N4O2/c1-3-21(7-12(22)23)10-5-9(6-10)19-13-18-8(2)4-11(20-13)14(15,16)17/h4,9-10H,3,5-7H2,1-2H3,(H,22,23)(H,18,19,20). The van der Waals surface area contributed by atoms with Crippen LogP contribution in [-0.4, -0.2) is 51.1 Å². The third-order valence-corrected chi connectivity index (χ3v) is 3.85. The maximum atomic E-state index is 12.7. The van der Waals surface area contributed by atoms with E-state index in [0.29, 0.717) is 19.4 Å². The molecular formula is C14H19F3N4O2. The van der Waals surface area contributed by atoms with E-state index in [0.717, 1.165) is 6.07 Å². The van der Waals surface area contributed by atoms with Crippen molar-refractivity contribution in [3.63, 3.8) is 0 Å². The third-order valence-electron chi connectivity index (χ3n) is 3.85. The summed E-state index contributed by atoms with van der Waals surface area (Å²) in [7, 11) is 0. The van der Waals surface area contributed by atoms with E-state index in [4.69, 9.17) is 5.11 Å². The first-order valence-electron chi connectivity index (χ1n) is 7.34. The number of anilines is 1. The maximum Gasteiger partial charge on any atom is 0.433 e. The molecule has 0 aromatic carbocycles. The summed E-state index contributed by atoms with van der Waals surface area (Å²) >= 11 is 0. The number of carboxylic acid groups (broad SMARTS) is 1. The quantitative estimate of drug-likeness (QED) is 0.831. The Balaban J connectivity index is 1.95. The average Bonchev–Trinajstić information content (AvgIpc) is 2.38. The number of nitrogens with zero attached hydrogens (tertiary/aromatic N) is 3. The Hall–Kier alpha value is -1.90. The summed E-state index contributed by atoms with van der Waals surface area (Å²) in [5, 5.41) is 11.7. The topological polar surface area (TPSA) is 78.4 Å². The summed E-state index contributed by atoms with van der Waals surface area (Å²) < 4.78 is 38.2. The van der Waals surface area contributed by atoms with E-state index in [1.807, 2.05) is 11.8 Å². The molecule has 1 aromatic heterocycles. The van der Waals surface area contributed by atoms with Gasteiger partial charge >= 0.3 is 12.1 Å². The second kappa shape index (κ2) is 6.69. The van der Waals surface area contributed by atoms with Gasteiger partial charge in [0.1, 0.15) is 5.69 Å². The molecule has 1 fully saturated rings. The van der Waals surface area contributed by atoms with Crippen LogP contribution in [0.1, 0.15) is 31.2 Å². The molecule has 1 heterocycles. The van der Waals surface area contributed by atoms with E-state index in [1.165, 1.54) is 6.92 Å². The van der Waals surface area contributed by atoms with Crippen LogP contribution in [0.4, 0.5) is 19.1 Å². The van der Waals surface area contributed by atoms with Crippen LogP contribution in [0.25, 0.3) is 0 Å². The van der Waals surface area contributed by atoms with Crippen LogP contribution in [0.5, 0.6) is 0 Å². The number of alkyl halides is 3. The number of hydrogen-bond acceptors (Lipinski definition) is 5. The summed E-state index contributed by atoms with van der Waals surface area (Å²) in [6.07, 6.45) is -3.20. The predicted molar refractivity (Wildman–Crippen MR) is 77.1 cm³/mol. The van der Waals surface area contributed by atoms with Gasteiger partial charge in [-0.15, -0.1) is 0 Å². The van der Waals surface area contributed by atoms with Crippen LogP contribution >= 0.6 is 0 Å². The van der Waals surface area contributed by atoms with Crippen LogP contribution in [0, 0.1) is 6.92 Å². The number of carbonyl (C=O) groups is 1. The van der Waals surface area contributed by atoms with Gasteiger partial charge in [-0.25, -0.2) is 9.97 Å². The molecule has 0 bridgehead atoms. The highest BCUT2D eigenvalue weighted by atomic mass is 19.4. The molecule has 6 nitrogen and oxygen atoms in total. The summed E-state index contributed by atoms with van der Waals surface area (Å²) in [6, 6.07) is 0.965. The molecule has 2 N–H and O–H groups in total. The Morgan fingerprint density at radius 2 is 2.09 bits per heavy atom. The van der Waals surface area contributed by atoms with E-state index in [1.54, 1.807) is 0 Å². The van der Waals surface area contributed by atoms with Gasteiger partial charge in [-0.1, -0.05) is 6.92 Å². The molecule has 0 spiro atoms. The van der Waals surface area contributed by atoms with Crippen LogP contribution in [0.15, 0.2) is 6.07 Å². The van der Waals surface area contributed by atoms with Gasteiger partial charge < -0.3 is 10.4 Å². The van der Waals surface area contributed by atoms with Crippen molar-refractivity contribution in [2.45, 2.75) is 44.9 Å². The molecule has 0 unspecified atom stereocenters. The zero-order chi connectivity index (χ0) is 17.2. The number of aromatic nitrogens is 2. The maximum absolute atomic E-state index is 12.7. The number of aryl methyl sites for hydroxylation is 1. The largest absolute Gasteiger partial charge is 0.480 e. The van der Waals surface area contributed by atoms with Crippen molar-refractivity contribution in [2.24, 2.45) is 0 Å². The van der Waals surface area contributed by atoms with Crippen molar-refractivity contribution in [1.29, 1.82) is 0 Å². The predicted octanol–water partition coefficient (Wildman–Crippen LogP) is 2.15. The second-order valence-electron chi connectivity index (χ2n) is 5.64. The first kappa shape index (κ1) is 17.5. The Labute approximate surface area is 131 Å². The van der Waals surface area contributed by atoms with Gasteiger partial charge in [0.15, 0.2) is 0 Å².